The van der Waals surface area contributed by atoms with Crippen LogP contribution in [0.5, 0.6) is 0 Å². The summed E-state index contributed by atoms with van der Waals surface area (Å²) in [6.45, 7) is 4.28. The molecule has 6 nitrogen and oxygen atoms in total. The van der Waals surface area contributed by atoms with Gasteiger partial charge in [0.1, 0.15) is 0 Å². The van der Waals surface area contributed by atoms with Crippen LogP contribution in [0.15, 0.2) is 0 Å². The summed E-state index contributed by atoms with van der Waals surface area (Å²) in [5.74, 6) is -0.286. The van der Waals surface area contributed by atoms with E-state index in [1.54, 1.807) is 0 Å². The third kappa shape index (κ3) is 2.79. The number of carbonyl (C=O) groups is 2. The molecule has 1 amide bonds. The number of fused-ring (bicyclic) bond motifs is 2. The van der Waals surface area contributed by atoms with Gasteiger partial charge in [0.2, 0.25) is 5.91 Å². The summed E-state index contributed by atoms with van der Waals surface area (Å²) in [7, 11) is 0. The normalized spacial score (nSPS) is 36.7. The molecule has 2 N–H and O–H groups in total. The van der Waals surface area contributed by atoms with Crippen LogP contribution in [0.2, 0.25) is 0 Å². The molecule has 118 valence electrons. The number of aliphatic carboxylic acids is 1. The van der Waals surface area contributed by atoms with Crippen molar-refractivity contribution in [3.05, 3.63) is 0 Å². The van der Waals surface area contributed by atoms with Crippen molar-refractivity contribution in [2.45, 2.75) is 38.3 Å². The van der Waals surface area contributed by atoms with Gasteiger partial charge < -0.3 is 20.1 Å². The van der Waals surface area contributed by atoms with E-state index in [9.17, 15) is 14.7 Å². The van der Waals surface area contributed by atoms with Gasteiger partial charge in [-0.3, -0.25) is 9.59 Å². The fourth-order valence-electron chi connectivity index (χ4n) is 4.30. The highest BCUT2D eigenvalue weighted by Crippen LogP contribution is 2.48. The van der Waals surface area contributed by atoms with E-state index in [-0.39, 0.29) is 29.8 Å². The highest BCUT2D eigenvalue weighted by atomic mass is 16.5. The molecule has 3 rings (SSSR count). The minimum Gasteiger partial charge on any atom is -0.481 e. The maximum atomic E-state index is 12.4. The molecule has 2 saturated carbocycles. The van der Waals surface area contributed by atoms with Gasteiger partial charge in [-0.05, 0) is 38.0 Å². The summed E-state index contributed by atoms with van der Waals surface area (Å²) >= 11 is 0. The second-order valence-corrected chi connectivity index (χ2v) is 6.55. The predicted octanol–water partition coefficient (Wildman–Crippen LogP) is 0.323. The molecule has 1 saturated heterocycles. The largest absolute Gasteiger partial charge is 0.481 e. The van der Waals surface area contributed by atoms with Crippen molar-refractivity contribution in [2.75, 3.05) is 26.3 Å². The molecule has 6 heteroatoms. The van der Waals surface area contributed by atoms with Crippen molar-refractivity contribution in [1.82, 2.24) is 10.2 Å². The Hall–Kier alpha value is -1.14. The number of rotatable bonds is 4. The van der Waals surface area contributed by atoms with Gasteiger partial charge in [0.25, 0.3) is 0 Å². The lowest BCUT2D eigenvalue weighted by Gasteiger charge is -2.34. The SMILES string of the molecule is CC(NC1C2CCC(C2)C1C(=O)O)C(=O)N1CCOCC1. The lowest BCUT2D eigenvalue weighted by atomic mass is 9.84. The first-order valence-electron chi connectivity index (χ1n) is 7.93. The van der Waals surface area contributed by atoms with Crippen LogP contribution < -0.4 is 5.32 Å². The van der Waals surface area contributed by atoms with Gasteiger partial charge in [-0.1, -0.05) is 0 Å². The fourth-order valence-corrected chi connectivity index (χ4v) is 4.30. The number of hydrogen-bond donors (Lipinski definition) is 2. The molecule has 3 fully saturated rings. The maximum absolute atomic E-state index is 12.4. The Balaban J connectivity index is 1.62. The van der Waals surface area contributed by atoms with Gasteiger partial charge in [0.15, 0.2) is 0 Å². The van der Waals surface area contributed by atoms with Crippen LogP contribution in [0.4, 0.5) is 0 Å². The molecule has 21 heavy (non-hydrogen) atoms. The third-order valence-electron chi connectivity index (χ3n) is 5.34. The van der Waals surface area contributed by atoms with E-state index < -0.39 is 5.97 Å². The summed E-state index contributed by atoms with van der Waals surface area (Å²) in [4.78, 5) is 25.7. The van der Waals surface area contributed by atoms with Gasteiger partial charge in [0, 0.05) is 19.1 Å². The van der Waals surface area contributed by atoms with Gasteiger partial charge in [-0.25, -0.2) is 0 Å². The summed E-state index contributed by atoms with van der Waals surface area (Å²) in [5, 5.41) is 12.8. The molecule has 2 aliphatic carbocycles. The minimum absolute atomic E-state index is 0.0544. The zero-order chi connectivity index (χ0) is 15.0. The molecule has 5 unspecified atom stereocenters. The molecule has 1 heterocycles. The lowest BCUT2D eigenvalue weighted by Crippen LogP contribution is -2.54. The highest BCUT2D eigenvalue weighted by molar-refractivity contribution is 5.82. The van der Waals surface area contributed by atoms with E-state index in [4.69, 9.17) is 4.74 Å². The third-order valence-corrected chi connectivity index (χ3v) is 5.34. The van der Waals surface area contributed by atoms with E-state index in [1.807, 2.05) is 11.8 Å². The van der Waals surface area contributed by atoms with Gasteiger partial charge in [-0.2, -0.15) is 0 Å². The Kier molecular flexibility index (Phi) is 4.17. The average molecular weight is 296 g/mol. The molecule has 0 radical (unpaired) electrons. The Morgan fingerprint density at radius 1 is 1.24 bits per heavy atom. The topological polar surface area (TPSA) is 78.9 Å². The summed E-state index contributed by atoms with van der Waals surface area (Å²) < 4.78 is 5.26. The van der Waals surface area contributed by atoms with E-state index >= 15 is 0 Å². The fraction of sp³-hybridized carbons (Fsp3) is 0.867. The van der Waals surface area contributed by atoms with Crippen LogP contribution in [0.25, 0.3) is 0 Å². The number of amides is 1. The van der Waals surface area contributed by atoms with Crippen LogP contribution in [0.1, 0.15) is 26.2 Å². The quantitative estimate of drug-likeness (QED) is 0.781. The number of nitrogens with zero attached hydrogens (tertiary/aromatic N) is 1. The molecular weight excluding hydrogens is 272 g/mol. The molecule has 3 aliphatic rings. The first-order valence-corrected chi connectivity index (χ1v) is 7.93. The Labute approximate surface area is 124 Å². The summed E-state index contributed by atoms with van der Waals surface area (Å²) in [6.07, 6.45) is 3.10. The summed E-state index contributed by atoms with van der Waals surface area (Å²) in [5.41, 5.74) is 0. The number of nitrogens with one attached hydrogen (secondary N) is 1. The van der Waals surface area contributed by atoms with Crippen LogP contribution in [0.3, 0.4) is 0 Å². The van der Waals surface area contributed by atoms with Crippen molar-refractivity contribution >= 4 is 11.9 Å². The van der Waals surface area contributed by atoms with Crippen molar-refractivity contribution in [2.24, 2.45) is 17.8 Å². The zero-order valence-electron chi connectivity index (χ0n) is 12.5. The Bertz CT molecular complexity index is 422. The van der Waals surface area contributed by atoms with Crippen molar-refractivity contribution in [3.8, 4) is 0 Å². The van der Waals surface area contributed by atoms with E-state index in [1.165, 1.54) is 0 Å². The first-order chi connectivity index (χ1) is 10.1. The van der Waals surface area contributed by atoms with Crippen LogP contribution in [0, 0.1) is 17.8 Å². The lowest BCUT2D eigenvalue weighted by molar-refractivity contribution is -0.145. The molecule has 0 spiro atoms. The molecule has 1 aliphatic heterocycles. The molecule has 5 atom stereocenters. The zero-order valence-corrected chi connectivity index (χ0v) is 12.5. The van der Waals surface area contributed by atoms with Gasteiger partial charge >= 0.3 is 5.97 Å². The van der Waals surface area contributed by atoms with Gasteiger partial charge in [0.05, 0.1) is 25.2 Å². The van der Waals surface area contributed by atoms with Crippen LogP contribution >= 0.6 is 0 Å². The summed E-state index contributed by atoms with van der Waals surface area (Å²) in [6, 6.07) is -0.379. The smallest absolute Gasteiger partial charge is 0.308 e. The minimum atomic E-state index is -0.717. The van der Waals surface area contributed by atoms with Crippen molar-refractivity contribution < 1.29 is 19.4 Å². The first kappa shape index (κ1) is 14.8. The van der Waals surface area contributed by atoms with E-state index in [2.05, 4.69) is 5.32 Å². The number of hydrogen-bond acceptors (Lipinski definition) is 4. The standard InChI is InChI=1S/C15H24N2O4/c1-9(14(18)17-4-6-21-7-5-17)16-13-11-3-2-10(8-11)12(13)15(19)20/h9-13,16H,2-8H2,1H3,(H,19,20). The number of morpholine rings is 1. The van der Waals surface area contributed by atoms with Crippen LogP contribution in [-0.2, 0) is 14.3 Å². The van der Waals surface area contributed by atoms with Crippen molar-refractivity contribution in [3.63, 3.8) is 0 Å². The molecule has 0 aromatic rings. The monoisotopic (exact) mass is 296 g/mol. The molecule has 2 bridgehead atoms. The van der Waals surface area contributed by atoms with E-state index in [0.717, 1.165) is 19.3 Å². The van der Waals surface area contributed by atoms with Crippen LogP contribution in [-0.4, -0.2) is 60.3 Å². The number of carboxylic acids is 1. The number of carbonyl (C=O) groups excluding carboxylic acids is 1. The molecular formula is C15H24N2O4. The maximum Gasteiger partial charge on any atom is 0.308 e. The predicted molar refractivity (Wildman–Crippen MR) is 75.7 cm³/mol. The van der Waals surface area contributed by atoms with Crippen molar-refractivity contribution in [1.29, 1.82) is 0 Å². The average Bonchev–Trinajstić information content (AvgIpc) is 3.08. The number of carboxylic acid groups (broad SMARTS) is 1. The molecule has 0 aromatic carbocycles. The van der Waals surface area contributed by atoms with E-state index in [0.29, 0.717) is 32.2 Å². The second kappa shape index (κ2) is 5.93. The Morgan fingerprint density at radius 3 is 2.57 bits per heavy atom. The molecule has 0 aromatic heterocycles. The highest BCUT2D eigenvalue weighted by Gasteiger charge is 2.51. The van der Waals surface area contributed by atoms with Gasteiger partial charge in [-0.15, -0.1) is 0 Å². The second-order valence-electron chi connectivity index (χ2n) is 6.55. The Morgan fingerprint density at radius 2 is 1.90 bits per heavy atom. The number of ether oxygens (including phenoxy) is 1.